The molecule has 0 saturated carbocycles. The molecule has 0 saturated heterocycles. The predicted molar refractivity (Wildman–Crippen MR) is 70.0 cm³/mol. The molecule has 1 rings (SSSR count). The molecular weight excluding hydrogens is 394 g/mol. The summed E-state index contributed by atoms with van der Waals surface area (Å²) in [5, 5.41) is -0.442. The van der Waals surface area contributed by atoms with Gasteiger partial charge in [0, 0.05) is 4.47 Å². The van der Waals surface area contributed by atoms with Crippen LogP contribution in [0.2, 0.25) is 10.0 Å². The lowest BCUT2D eigenvalue weighted by Crippen LogP contribution is -2.43. The van der Waals surface area contributed by atoms with E-state index in [0.717, 1.165) is 6.07 Å². The minimum atomic E-state index is -4.70. The second-order valence-electron chi connectivity index (χ2n) is 3.56. The third-order valence-corrected chi connectivity index (χ3v) is 5.58. The first-order valence-electron chi connectivity index (χ1n) is 4.69. The van der Waals surface area contributed by atoms with E-state index in [-0.39, 0.29) is 10.0 Å². The third-order valence-electron chi connectivity index (χ3n) is 2.11. The molecule has 0 aliphatic heterocycles. The van der Waals surface area contributed by atoms with Crippen LogP contribution >= 0.6 is 39.1 Å². The van der Waals surface area contributed by atoms with Crippen LogP contribution in [0.25, 0.3) is 0 Å². The molecule has 3 nitrogen and oxygen atoms in total. The average molecular weight is 401 g/mol. The van der Waals surface area contributed by atoms with Crippen molar-refractivity contribution in [3.8, 4) is 0 Å². The van der Waals surface area contributed by atoms with Gasteiger partial charge in [0.1, 0.15) is 10.9 Å². The summed E-state index contributed by atoms with van der Waals surface area (Å²) >= 11 is 14.5. The summed E-state index contributed by atoms with van der Waals surface area (Å²) in [6.45, 7) is 0.686. The van der Waals surface area contributed by atoms with Crippen LogP contribution in [-0.4, -0.2) is 20.6 Å². The zero-order chi connectivity index (χ0) is 15.0. The summed E-state index contributed by atoms with van der Waals surface area (Å²) in [5.74, 6) is 0. The van der Waals surface area contributed by atoms with E-state index in [2.05, 4.69) is 15.9 Å². The number of halogens is 6. The van der Waals surface area contributed by atoms with Crippen LogP contribution in [0, 0.1) is 0 Å². The molecule has 0 aliphatic rings. The van der Waals surface area contributed by atoms with Crippen molar-refractivity contribution in [2.24, 2.45) is 0 Å². The summed E-state index contributed by atoms with van der Waals surface area (Å²) < 4.78 is 62.5. The van der Waals surface area contributed by atoms with Crippen LogP contribution in [0.5, 0.6) is 0 Å². The van der Waals surface area contributed by atoms with E-state index < -0.39 is 27.1 Å². The number of nitrogens with one attached hydrogen (secondary N) is 1. The zero-order valence-corrected chi connectivity index (χ0v) is 13.1. The first kappa shape index (κ1) is 17.0. The second kappa shape index (κ2) is 5.77. The maximum absolute atomic E-state index is 12.3. The lowest BCUT2D eigenvalue weighted by molar-refractivity contribution is -0.147. The van der Waals surface area contributed by atoms with E-state index in [1.54, 1.807) is 0 Å². The normalized spacial score (nSPS) is 14.5. The minimum absolute atomic E-state index is 0.0933. The van der Waals surface area contributed by atoms with Gasteiger partial charge in [0.2, 0.25) is 10.0 Å². The van der Waals surface area contributed by atoms with Gasteiger partial charge in [-0.1, -0.05) is 23.2 Å². The number of alkyl halides is 3. The van der Waals surface area contributed by atoms with Crippen molar-refractivity contribution < 1.29 is 21.6 Å². The molecule has 0 aromatic heterocycles. The fourth-order valence-corrected chi connectivity index (χ4v) is 3.52. The Kier molecular flexibility index (Phi) is 5.17. The molecule has 0 fully saturated rings. The molecule has 0 heterocycles. The van der Waals surface area contributed by atoms with E-state index in [1.165, 1.54) is 10.8 Å². The molecule has 0 aliphatic carbocycles. The summed E-state index contributed by atoms with van der Waals surface area (Å²) in [7, 11) is -4.42. The quantitative estimate of drug-likeness (QED) is 0.780. The molecule has 1 aromatic carbocycles. The second-order valence-corrected chi connectivity index (χ2v) is 6.85. The lowest BCUT2D eigenvalue weighted by Gasteiger charge is -2.18. The van der Waals surface area contributed by atoms with Crippen LogP contribution in [-0.2, 0) is 10.0 Å². The standard InChI is InChI=1S/C9H7BrCl2F3NO2S/c1-4(9(13,14)15)16-19(17,18)6-3-2-5(10)7(11)8(6)12/h2-4,16H,1H3/t4-/m1/s1. The van der Waals surface area contributed by atoms with Crippen molar-refractivity contribution in [1.82, 2.24) is 4.72 Å². The van der Waals surface area contributed by atoms with Gasteiger partial charge in [-0.15, -0.1) is 0 Å². The van der Waals surface area contributed by atoms with E-state index in [9.17, 15) is 21.6 Å². The van der Waals surface area contributed by atoms with Gasteiger partial charge in [-0.3, -0.25) is 0 Å². The van der Waals surface area contributed by atoms with Crippen molar-refractivity contribution in [1.29, 1.82) is 0 Å². The summed E-state index contributed by atoms with van der Waals surface area (Å²) in [4.78, 5) is -0.515. The Morgan fingerprint density at radius 3 is 2.26 bits per heavy atom. The number of hydrogen-bond acceptors (Lipinski definition) is 2. The summed E-state index contributed by atoms with van der Waals surface area (Å²) in [6, 6.07) is 0.0982. The molecule has 1 aromatic rings. The first-order valence-corrected chi connectivity index (χ1v) is 7.72. The molecule has 0 bridgehead atoms. The summed E-state index contributed by atoms with van der Waals surface area (Å²) in [5.41, 5.74) is 0. The van der Waals surface area contributed by atoms with Crippen molar-refractivity contribution >= 4 is 49.2 Å². The molecule has 0 radical (unpaired) electrons. The third kappa shape index (κ3) is 3.98. The van der Waals surface area contributed by atoms with E-state index in [4.69, 9.17) is 23.2 Å². The molecule has 0 spiro atoms. The highest BCUT2D eigenvalue weighted by Crippen LogP contribution is 2.35. The molecule has 0 unspecified atom stereocenters. The Hall–Kier alpha value is -0.0200. The van der Waals surface area contributed by atoms with Crippen LogP contribution in [0.4, 0.5) is 13.2 Å². The molecule has 1 N–H and O–H groups in total. The first-order chi connectivity index (χ1) is 8.47. The topological polar surface area (TPSA) is 46.2 Å². The van der Waals surface area contributed by atoms with Crippen molar-refractivity contribution in [2.45, 2.75) is 24.0 Å². The highest BCUT2D eigenvalue weighted by molar-refractivity contribution is 9.10. The fourth-order valence-electron chi connectivity index (χ4n) is 1.08. The minimum Gasteiger partial charge on any atom is -0.207 e. The van der Waals surface area contributed by atoms with E-state index in [0.29, 0.717) is 11.4 Å². The SMILES string of the molecule is C[C@@H](NS(=O)(=O)c1ccc(Br)c(Cl)c1Cl)C(F)(F)F. The van der Waals surface area contributed by atoms with Gasteiger partial charge in [0.15, 0.2) is 0 Å². The number of hydrogen-bond donors (Lipinski definition) is 1. The molecule has 1 atom stereocenters. The zero-order valence-electron chi connectivity index (χ0n) is 9.22. The Balaban J connectivity index is 3.19. The fraction of sp³-hybridized carbons (Fsp3) is 0.333. The van der Waals surface area contributed by atoms with Gasteiger partial charge in [-0.05, 0) is 35.0 Å². The molecule has 0 amide bonds. The smallest absolute Gasteiger partial charge is 0.207 e. The summed E-state index contributed by atoms with van der Waals surface area (Å²) in [6.07, 6.45) is -4.70. The Morgan fingerprint density at radius 2 is 1.79 bits per heavy atom. The van der Waals surface area contributed by atoms with Crippen molar-refractivity contribution in [3.63, 3.8) is 0 Å². The monoisotopic (exact) mass is 399 g/mol. The number of benzene rings is 1. The Labute approximate surface area is 126 Å². The van der Waals surface area contributed by atoms with Gasteiger partial charge in [-0.2, -0.15) is 17.9 Å². The van der Waals surface area contributed by atoms with Crippen molar-refractivity contribution in [3.05, 3.63) is 26.7 Å². The van der Waals surface area contributed by atoms with Gasteiger partial charge in [-0.25, -0.2) is 8.42 Å². The van der Waals surface area contributed by atoms with Gasteiger partial charge in [0.25, 0.3) is 0 Å². The van der Waals surface area contributed by atoms with E-state index in [1.807, 2.05) is 0 Å². The molecule has 19 heavy (non-hydrogen) atoms. The van der Waals surface area contributed by atoms with Gasteiger partial charge in [0.05, 0.1) is 10.0 Å². The van der Waals surface area contributed by atoms with Crippen molar-refractivity contribution in [2.75, 3.05) is 0 Å². The van der Waals surface area contributed by atoms with Crippen LogP contribution in [0.15, 0.2) is 21.5 Å². The molecular formula is C9H7BrCl2F3NO2S. The number of sulfonamides is 1. The lowest BCUT2D eigenvalue weighted by atomic mass is 10.4. The Morgan fingerprint density at radius 1 is 1.26 bits per heavy atom. The highest BCUT2D eigenvalue weighted by atomic mass is 79.9. The van der Waals surface area contributed by atoms with E-state index >= 15 is 0 Å². The molecule has 108 valence electrons. The maximum Gasteiger partial charge on any atom is 0.404 e. The van der Waals surface area contributed by atoms with Crippen LogP contribution < -0.4 is 4.72 Å². The molecule has 10 heteroatoms. The largest absolute Gasteiger partial charge is 0.404 e. The van der Waals surface area contributed by atoms with Gasteiger partial charge < -0.3 is 0 Å². The van der Waals surface area contributed by atoms with Crippen LogP contribution in [0.3, 0.4) is 0 Å². The number of rotatable bonds is 3. The average Bonchev–Trinajstić information content (AvgIpc) is 2.23. The Bertz CT molecular complexity index is 592. The van der Waals surface area contributed by atoms with Gasteiger partial charge >= 0.3 is 6.18 Å². The highest BCUT2D eigenvalue weighted by Gasteiger charge is 2.39. The predicted octanol–water partition coefficient (Wildman–Crippen LogP) is 3.99. The van der Waals surface area contributed by atoms with Crippen LogP contribution in [0.1, 0.15) is 6.92 Å². The maximum atomic E-state index is 12.3.